The average molecular weight is 203 g/mol. The minimum atomic E-state index is -1.23. The fraction of sp³-hybridized carbons (Fsp3) is 0.778. The molecule has 0 radical (unpaired) electrons. The van der Waals surface area contributed by atoms with E-state index in [1.54, 1.807) is 6.92 Å². The van der Waals surface area contributed by atoms with Crippen LogP contribution in [-0.2, 0) is 9.53 Å². The summed E-state index contributed by atoms with van der Waals surface area (Å²) in [6, 6.07) is 0. The molecule has 5 nitrogen and oxygen atoms in total. The maximum absolute atomic E-state index is 11.0. The highest BCUT2D eigenvalue weighted by molar-refractivity contribution is 5.76. The minimum absolute atomic E-state index is 0.149. The van der Waals surface area contributed by atoms with Crippen LogP contribution in [-0.4, -0.2) is 36.7 Å². The third-order valence-corrected chi connectivity index (χ3v) is 2.48. The number of aliphatic hydroxyl groups excluding tert-OH is 1. The summed E-state index contributed by atoms with van der Waals surface area (Å²) in [7, 11) is 1.21. The van der Waals surface area contributed by atoms with Gasteiger partial charge in [0.15, 0.2) is 0 Å². The van der Waals surface area contributed by atoms with Crippen LogP contribution in [0.25, 0.3) is 0 Å². The molecule has 0 aliphatic heterocycles. The number of alkyl carbamates (subject to hydrolysis) is 1. The van der Waals surface area contributed by atoms with Crippen molar-refractivity contribution in [1.82, 2.24) is 5.32 Å². The molecule has 14 heavy (non-hydrogen) atoms. The Bertz CT molecular complexity index is 207. The van der Waals surface area contributed by atoms with Crippen molar-refractivity contribution in [2.45, 2.75) is 25.8 Å². The maximum Gasteiger partial charge on any atom is 0.407 e. The number of aldehydes is 1. The number of ether oxygens (including phenoxy) is 1. The number of rotatable bonds is 5. The third-order valence-electron chi connectivity index (χ3n) is 2.48. The Morgan fingerprint density at radius 3 is 2.57 bits per heavy atom. The Morgan fingerprint density at radius 1 is 1.71 bits per heavy atom. The van der Waals surface area contributed by atoms with Crippen LogP contribution in [0.3, 0.4) is 0 Å². The summed E-state index contributed by atoms with van der Waals surface area (Å²) in [5, 5.41) is 11.5. The van der Waals surface area contributed by atoms with Gasteiger partial charge in [-0.15, -0.1) is 0 Å². The van der Waals surface area contributed by atoms with Crippen LogP contribution in [0.5, 0.6) is 0 Å². The first-order chi connectivity index (χ1) is 6.56. The van der Waals surface area contributed by atoms with E-state index in [0.29, 0.717) is 12.7 Å². The van der Waals surface area contributed by atoms with E-state index in [0.717, 1.165) is 0 Å². The van der Waals surface area contributed by atoms with E-state index in [2.05, 4.69) is 10.1 Å². The Kier molecular flexibility index (Phi) is 5.15. The first kappa shape index (κ1) is 12.9. The van der Waals surface area contributed by atoms with Gasteiger partial charge in [-0.05, 0) is 5.92 Å². The molecule has 0 saturated carbocycles. The van der Waals surface area contributed by atoms with Crippen LogP contribution in [0.1, 0.15) is 20.3 Å². The second kappa shape index (κ2) is 5.59. The molecule has 0 aliphatic carbocycles. The fourth-order valence-electron chi connectivity index (χ4n) is 1.11. The number of methoxy groups -OCH3 is 1. The van der Waals surface area contributed by atoms with Crippen molar-refractivity contribution in [3.05, 3.63) is 0 Å². The van der Waals surface area contributed by atoms with Crippen molar-refractivity contribution < 1.29 is 19.4 Å². The largest absolute Gasteiger partial charge is 0.453 e. The molecule has 2 atom stereocenters. The zero-order valence-corrected chi connectivity index (χ0v) is 8.74. The van der Waals surface area contributed by atoms with Gasteiger partial charge in [-0.3, -0.25) is 0 Å². The van der Waals surface area contributed by atoms with Gasteiger partial charge in [-0.1, -0.05) is 20.3 Å². The Hall–Kier alpha value is -1.10. The third kappa shape index (κ3) is 2.70. The average Bonchev–Trinajstić information content (AvgIpc) is 2.24. The van der Waals surface area contributed by atoms with E-state index in [4.69, 9.17) is 5.11 Å². The molecule has 0 fully saturated rings. The fourth-order valence-corrected chi connectivity index (χ4v) is 1.11. The second-order valence-electron chi connectivity index (χ2n) is 3.24. The number of carbonyl (C=O) groups is 2. The van der Waals surface area contributed by atoms with E-state index >= 15 is 0 Å². The first-order valence-corrected chi connectivity index (χ1v) is 4.49. The molecule has 0 spiro atoms. The second-order valence-corrected chi connectivity index (χ2v) is 3.24. The van der Waals surface area contributed by atoms with Gasteiger partial charge in [-0.25, -0.2) is 4.79 Å². The van der Waals surface area contributed by atoms with Gasteiger partial charge < -0.3 is 20.0 Å². The smallest absolute Gasteiger partial charge is 0.407 e. The highest BCUT2D eigenvalue weighted by Gasteiger charge is 2.36. The standard InChI is InChI=1S/C9H17NO4/c1-4-7(2)9(5-11,6-12)10-8(13)14-3/h5,7,12H,4,6H2,1-3H3,(H,10,13). The lowest BCUT2D eigenvalue weighted by Gasteiger charge is -2.31. The SMILES string of the molecule is CCC(C)C(C=O)(CO)NC(=O)OC. The number of carbonyl (C=O) groups excluding carboxylic acids is 2. The number of nitrogens with one attached hydrogen (secondary N) is 1. The number of amides is 1. The molecule has 0 aromatic carbocycles. The molecule has 5 heteroatoms. The Morgan fingerprint density at radius 2 is 2.29 bits per heavy atom. The summed E-state index contributed by atoms with van der Waals surface area (Å²) in [5.74, 6) is -0.149. The van der Waals surface area contributed by atoms with Crippen LogP contribution < -0.4 is 5.32 Å². The van der Waals surface area contributed by atoms with Crippen LogP contribution in [0, 0.1) is 5.92 Å². The Labute approximate surface area is 83.4 Å². The number of hydrogen-bond acceptors (Lipinski definition) is 4. The summed E-state index contributed by atoms with van der Waals surface area (Å²) in [6.07, 6.45) is 0.507. The van der Waals surface area contributed by atoms with E-state index in [9.17, 15) is 9.59 Å². The normalized spacial score (nSPS) is 16.6. The van der Waals surface area contributed by atoms with Crippen molar-refractivity contribution in [3.63, 3.8) is 0 Å². The first-order valence-electron chi connectivity index (χ1n) is 4.49. The summed E-state index contributed by atoms with van der Waals surface area (Å²) in [4.78, 5) is 21.8. The molecule has 0 aromatic rings. The van der Waals surface area contributed by atoms with Crippen molar-refractivity contribution >= 4 is 12.4 Å². The predicted molar refractivity (Wildman–Crippen MR) is 50.9 cm³/mol. The van der Waals surface area contributed by atoms with Gasteiger partial charge >= 0.3 is 6.09 Å². The van der Waals surface area contributed by atoms with Crippen molar-refractivity contribution in [3.8, 4) is 0 Å². The van der Waals surface area contributed by atoms with Gasteiger partial charge in [-0.2, -0.15) is 0 Å². The zero-order valence-electron chi connectivity index (χ0n) is 8.74. The summed E-state index contributed by atoms with van der Waals surface area (Å²) < 4.78 is 4.38. The number of aliphatic hydroxyl groups is 1. The quantitative estimate of drug-likeness (QED) is 0.631. The van der Waals surface area contributed by atoms with Gasteiger partial charge in [0.2, 0.25) is 0 Å². The van der Waals surface area contributed by atoms with Gasteiger partial charge in [0.05, 0.1) is 13.7 Å². The van der Waals surface area contributed by atoms with Crippen molar-refractivity contribution in [1.29, 1.82) is 0 Å². The molecule has 0 bridgehead atoms. The van der Waals surface area contributed by atoms with E-state index in [1.807, 2.05) is 6.92 Å². The molecule has 2 unspecified atom stereocenters. The molecular formula is C9H17NO4. The van der Waals surface area contributed by atoms with Gasteiger partial charge in [0, 0.05) is 0 Å². The van der Waals surface area contributed by atoms with E-state index in [-0.39, 0.29) is 5.92 Å². The topological polar surface area (TPSA) is 75.6 Å². The van der Waals surface area contributed by atoms with E-state index < -0.39 is 18.2 Å². The van der Waals surface area contributed by atoms with E-state index in [1.165, 1.54) is 7.11 Å². The van der Waals surface area contributed by atoms with Crippen molar-refractivity contribution in [2.24, 2.45) is 5.92 Å². The molecule has 0 saturated heterocycles. The van der Waals surface area contributed by atoms with Crippen LogP contribution in [0.4, 0.5) is 4.79 Å². The monoisotopic (exact) mass is 203 g/mol. The Balaban J connectivity index is 4.69. The lowest BCUT2D eigenvalue weighted by Crippen LogP contribution is -2.57. The lowest BCUT2D eigenvalue weighted by atomic mass is 9.85. The van der Waals surface area contributed by atoms with Crippen LogP contribution >= 0.6 is 0 Å². The molecule has 82 valence electrons. The van der Waals surface area contributed by atoms with Gasteiger partial charge in [0.1, 0.15) is 11.8 Å². The zero-order chi connectivity index (χ0) is 11.2. The molecule has 0 aliphatic rings. The van der Waals surface area contributed by atoms with Crippen LogP contribution in [0.2, 0.25) is 0 Å². The highest BCUT2D eigenvalue weighted by atomic mass is 16.5. The molecule has 0 aromatic heterocycles. The summed E-state index contributed by atoms with van der Waals surface area (Å²) >= 11 is 0. The molecule has 0 rings (SSSR count). The predicted octanol–water partition coefficient (Wildman–Crippen LogP) is 0.319. The minimum Gasteiger partial charge on any atom is -0.453 e. The maximum atomic E-state index is 11.0. The summed E-state index contributed by atoms with van der Waals surface area (Å²) in [6.45, 7) is 3.22. The molecule has 1 amide bonds. The van der Waals surface area contributed by atoms with Crippen LogP contribution in [0.15, 0.2) is 0 Å². The highest BCUT2D eigenvalue weighted by Crippen LogP contribution is 2.18. The molecular weight excluding hydrogens is 186 g/mol. The summed E-state index contributed by atoms with van der Waals surface area (Å²) in [5.41, 5.74) is -1.23. The molecule has 0 heterocycles. The van der Waals surface area contributed by atoms with Crippen molar-refractivity contribution in [2.75, 3.05) is 13.7 Å². The van der Waals surface area contributed by atoms with Gasteiger partial charge in [0.25, 0.3) is 0 Å². The molecule has 2 N–H and O–H groups in total. The number of hydrogen-bond donors (Lipinski definition) is 2. The lowest BCUT2D eigenvalue weighted by molar-refractivity contribution is -0.116.